The molecule has 2 aliphatic heterocycles. The molecular weight excluding hydrogens is 420 g/mol. The number of hydrogen-bond donors (Lipinski definition) is 2. The quantitative estimate of drug-likeness (QED) is 0.338. The highest BCUT2D eigenvalue weighted by molar-refractivity contribution is 7.87. The number of quaternary nitrogens is 1. The van der Waals surface area contributed by atoms with Crippen LogP contribution >= 0.6 is 0 Å². The molecule has 1 aromatic carbocycles. The van der Waals surface area contributed by atoms with Gasteiger partial charge in [-0.3, -0.25) is 18.9 Å². The van der Waals surface area contributed by atoms with Crippen molar-refractivity contribution >= 4 is 45.4 Å². The Kier molecular flexibility index (Phi) is 5.41. The number of imide groups is 2. The molecule has 3 rings (SSSR count). The molecule has 0 aromatic heterocycles. The maximum absolute atomic E-state index is 12.7. The Morgan fingerprint density at radius 2 is 1.63 bits per heavy atom. The second kappa shape index (κ2) is 7.55. The van der Waals surface area contributed by atoms with E-state index in [4.69, 9.17) is 5.11 Å². The van der Waals surface area contributed by atoms with Crippen LogP contribution in [0, 0.1) is 0 Å². The van der Waals surface area contributed by atoms with Crippen molar-refractivity contribution in [3.8, 4) is 0 Å². The van der Waals surface area contributed by atoms with E-state index < -0.39 is 56.0 Å². The van der Waals surface area contributed by atoms with Gasteiger partial charge >= 0.3 is 17.8 Å². The molecule has 0 bridgehead atoms. The molecule has 1 atom stereocenters. The molecule has 2 heterocycles. The average Bonchev–Trinajstić information content (AvgIpc) is 3.12. The Morgan fingerprint density at radius 1 is 1.07 bits per heavy atom. The Morgan fingerprint density at radius 3 is 2.10 bits per heavy atom. The maximum Gasteiger partial charge on any atom is 0.377 e. The number of carboxylic acid groups (broad SMARTS) is 1. The standard InChI is InChI=1S/C18H16N2O9S/c21-14-10-13(30(27,28)29)18(26)19(14)20(15(22)8-9-16(20)23)12-6-4-11(5-7-12)2-1-3-17(24)25/h4-9,13H,1-3,10H2,(H-,24,25,27,28,29)/p+1. The molecule has 0 spiro atoms. The van der Waals surface area contributed by atoms with Gasteiger partial charge in [0.2, 0.25) is 0 Å². The third kappa shape index (κ3) is 3.44. The average molecular weight is 437 g/mol. The number of carboxylic acids is 1. The normalized spacial score (nSPS) is 21.0. The lowest BCUT2D eigenvalue weighted by atomic mass is 10.1. The van der Waals surface area contributed by atoms with E-state index in [9.17, 15) is 36.9 Å². The van der Waals surface area contributed by atoms with Gasteiger partial charge in [-0.1, -0.05) is 17.1 Å². The highest BCUT2D eigenvalue weighted by atomic mass is 32.2. The number of carbonyl (C=O) groups is 5. The topological polar surface area (TPSA) is 163 Å². The SMILES string of the molecule is O=C(O)CCCc1ccc([N+]2(N3C(=O)CC(S(=O)(=O)O)C3=O)C(=O)C=CC2=O)cc1. The summed E-state index contributed by atoms with van der Waals surface area (Å²) in [5.41, 5.74) is 0.620. The van der Waals surface area contributed by atoms with Gasteiger partial charge in [-0.2, -0.15) is 8.42 Å². The number of benzene rings is 1. The number of hydrogen-bond acceptors (Lipinski definition) is 7. The van der Waals surface area contributed by atoms with E-state index in [0.717, 1.165) is 12.2 Å². The third-order valence-corrected chi connectivity index (χ3v) is 6.00. The number of nitrogens with zero attached hydrogens (tertiary/aromatic N) is 2. The summed E-state index contributed by atoms with van der Waals surface area (Å²) < 4.78 is 30.7. The summed E-state index contributed by atoms with van der Waals surface area (Å²) in [6.07, 6.45) is 1.57. The minimum Gasteiger partial charge on any atom is -0.481 e. The van der Waals surface area contributed by atoms with Crippen molar-refractivity contribution in [3.05, 3.63) is 42.0 Å². The number of aryl methyl sites for hydroxylation is 1. The first-order chi connectivity index (χ1) is 14.0. The van der Waals surface area contributed by atoms with Crippen molar-refractivity contribution in [2.24, 2.45) is 0 Å². The van der Waals surface area contributed by atoms with Gasteiger partial charge in [0.1, 0.15) is 0 Å². The van der Waals surface area contributed by atoms with Crippen LogP contribution in [0.2, 0.25) is 0 Å². The van der Waals surface area contributed by atoms with Gasteiger partial charge in [-0.15, -0.1) is 0 Å². The van der Waals surface area contributed by atoms with Gasteiger partial charge in [0.15, 0.2) is 10.9 Å². The van der Waals surface area contributed by atoms with Crippen LogP contribution in [0.25, 0.3) is 0 Å². The van der Waals surface area contributed by atoms with Gasteiger partial charge in [-0.05, 0) is 23.0 Å². The van der Waals surface area contributed by atoms with E-state index in [1.165, 1.54) is 24.3 Å². The Balaban J connectivity index is 2.02. The van der Waals surface area contributed by atoms with Crippen molar-refractivity contribution in [1.82, 2.24) is 9.60 Å². The molecule has 2 aliphatic rings. The predicted molar refractivity (Wildman–Crippen MR) is 99.8 cm³/mol. The van der Waals surface area contributed by atoms with E-state index in [0.29, 0.717) is 18.4 Å². The second-order valence-corrected chi connectivity index (χ2v) is 8.41. The van der Waals surface area contributed by atoms with E-state index in [1.54, 1.807) is 0 Å². The number of rotatable bonds is 7. The highest BCUT2D eigenvalue weighted by Gasteiger charge is 2.64. The summed E-state index contributed by atoms with van der Waals surface area (Å²) in [6, 6.07) is 5.70. The Labute approximate surface area is 170 Å². The molecule has 0 aliphatic carbocycles. The zero-order valence-electron chi connectivity index (χ0n) is 15.4. The van der Waals surface area contributed by atoms with Gasteiger partial charge in [0, 0.05) is 18.6 Å². The van der Waals surface area contributed by atoms with Crippen LogP contribution in [0.5, 0.6) is 0 Å². The minimum atomic E-state index is -4.93. The second-order valence-electron chi connectivity index (χ2n) is 6.81. The number of amides is 4. The molecule has 2 N–H and O–H groups in total. The molecule has 4 amide bonds. The van der Waals surface area contributed by atoms with Crippen molar-refractivity contribution in [2.75, 3.05) is 0 Å². The van der Waals surface area contributed by atoms with Gasteiger partial charge in [-0.25, -0.2) is 9.59 Å². The summed E-state index contributed by atoms with van der Waals surface area (Å²) >= 11 is 0. The van der Waals surface area contributed by atoms with Crippen LogP contribution in [0.15, 0.2) is 36.4 Å². The molecule has 30 heavy (non-hydrogen) atoms. The van der Waals surface area contributed by atoms with Crippen molar-refractivity contribution in [3.63, 3.8) is 0 Å². The molecule has 0 saturated carbocycles. The Bertz CT molecular complexity index is 1070. The zero-order valence-corrected chi connectivity index (χ0v) is 16.2. The van der Waals surface area contributed by atoms with Crippen molar-refractivity contribution in [1.29, 1.82) is 0 Å². The number of aliphatic carboxylic acids is 1. The van der Waals surface area contributed by atoms with E-state index in [-0.39, 0.29) is 17.1 Å². The molecule has 1 saturated heterocycles. The van der Waals surface area contributed by atoms with Crippen molar-refractivity contribution in [2.45, 2.75) is 30.9 Å². The summed E-state index contributed by atoms with van der Waals surface area (Å²) in [5, 5.41) is 6.87. The monoisotopic (exact) mass is 437 g/mol. The van der Waals surface area contributed by atoms with Crippen LogP contribution in [0.4, 0.5) is 5.69 Å². The maximum atomic E-state index is 12.7. The molecule has 158 valence electrons. The zero-order chi connectivity index (χ0) is 22.3. The lowest BCUT2D eigenvalue weighted by Crippen LogP contribution is -2.68. The number of carbonyl (C=O) groups excluding carboxylic acids is 4. The molecular formula is C18H17N2O9S+. The molecule has 1 unspecified atom stereocenters. The first-order valence-electron chi connectivity index (χ1n) is 8.80. The van der Waals surface area contributed by atoms with Crippen LogP contribution in [0.3, 0.4) is 0 Å². The van der Waals surface area contributed by atoms with Gasteiger partial charge in [0.25, 0.3) is 21.9 Å². The summed E-state index contributed by atoms with van der Waals surface area (Å²) in [7, 11) is -4.93. The fourth-order valence-corrected chi connectivity index (χ4v) is 4.20. The molecule has 1 aromatic rings. The largest absolute Gasteiger partial charge is 0.481 e. The predicted octanol–water partition coefficient (Wildman–Crippen LogP) is -0.0455. The van der Waals surface area contributed by atoms with Crippen LogP contribution in [0.1, 0.15) is 24.8 Å². The molecule has 1 fully saturated rings. The first-order valence-corrected chi connectivity index (χ1v) is 10.3. The summed E-state index contributed by atoms with van der Waals surface area (Å²) in [6.45, 7) is 0. The lowest BCUT2D eigenvalue weighted by Gasteiger charge is -2.33. The smallest absolute Gasteiger partial charge is 0.377 e. The summed E-state index contributed by atoms with van der Waals surface area (Å²) in [4.78, 5) is 61.2. The highest BCUT2D eigenvalue weighted by Crippen LogP contribution is 2.36. The molecule has 11 nitrogen and oxygen atoms in total. The van der Waals surface area contributed by atoms with E-state index >= 15 is 0 Å². The van der Waals surface area contributed by atoms with Crippen LogP contribution in [-0.2, 0) is 40.5 Å². The fourth-order valence-electron chi connectivity index (χ4n) is 3.50. The van der Waals surface area contributed by atoms with Crippen LogP contribution in [-0.4, -0.2) is 57.9 Å². The third-order valence-electron chi connectivity index (χ3n) is 4.91. The summed E-state index contributed by atoms with van der Waals surface area (Å²) in [5.74, 6) is -5.32. The van der Waals surface area contributed by atoms with E-state index in [1.807, 2.05) is 0 Å². The molecule has 0 radical (unpaired) electrons. The van der Waals surface area contributed by atoms with E-state index in [2.05, 4.69) is 0 Å². The first kappa shape index (κ1) is 21.5. The minimum absolute atomic E-state index is 0.0452. The Hall–Kier alpha value is -3.22. The van der Waals surface area contributed by atoms with Gasteiger partial charge < -0.3 is 5.11 Å². The van der Waals surface area contributed by atoms with Crippen LogP contribution < -0.4 is 4.59 Å². The van der Waals surface area contributed by atoms with Gasteiger partial charge in [0.05, 0.1) is 18.6 Å². The lowest BCUT2D eigenvalue weighted by molar-refractivity contribution is -0.168. The fraction of sp³-hybridized carbons (Fsp3) is 0.278. The van der Waals surface area contributed by atoms with Crippen molar-refractivity contribution < 1.29 is 42.0 Å². The molecule has 12 heteroatoms.